The van der Waals surface area contributed by atoms with Crippen molar-refractivity contribution in [2.24, 2.45) is 0 Å². The number of rotatable bonds is 3. The maximum Gasteiger partial charge on any atom is 0.180 e. The van der Waals surface area contributed by atoms with Crippen LogP contribution in [-0.4, -0.2) is 24.1 Å². The fourth-order valence-electron chi connectivity index (χ4n) is 2.51. The Morgan fingerprint density at radius 3 is 2.77 bits per heavy atom. The quantitative estimate of drug-likeness (QED) is 0.628. The molecule has 0 amide bonds. The number of hydrogen-bond donors (Lipinski definition) is 1. The summed E-state index contributed by atoms with van der Waals surface area (Å²) in [4.78, 5) is 8.38. The second-order valence-corrected chi connectivity index (χ2v) is 5.06. The number of aromatic nitrogens is 5. The van der Waals surface area contributed by atoms with Gasteiger partial charge in [-0.25, -0.2) is 9.97 Å². The first kappa shape index (κ1) is 12.6. The summed E-state index contributed by atoms with van der Waals surface area (Å²) in [5.41, 5.74) is 9.65. The minimum Gasteiger partial charge on any atom is -0.381 e. The minimum atomic E-state index is 0.422. The van der Waals surface area contributed by atoms with Crippen molar-refractivity contribution in [3.05, 3.63) is 66.9 Å². The largest absolute Gasteiger partial charge is 0.381 e. The minimum absolute atomic E-state index is 0.422. The standard InChI is InChI=1S/C16H14N6/c17-15-16-19-9-14(22(16)7-6-18-15)13-8-20-21(11-13)10-12-4-2-1-3-5-12/h1-9,11H,10H2,(H2,17,18). The molecule has 0 atom stereocenters. The molecular weight excluding hydrogens is 276 g/mol. The molecular formula is C16H14N6. The van der Waals surface area contributed by atoms with Crippen LogP contribution < -0.4 is 5.73 Å². The predicted molar refractivity (Wildman–Crippen MR) is 84.2 cm³/mol. The number of imidazole rings is 1. The summed E-state index contributed by atoms with van der Waals surface area (Å²) in [6.07, 6.45) is 9.15. The zero-order valence-electron chi connectivity index (χ0n) is 11.8. The first-order valence-corrected chi connectivity index (χ1v) is 6.95. The molecule has 0 aliphatic rings. The summed E-state index contributed by atoms with van der Waals surface area (Å²) in [5.74, 6) is 0.422. The summed E-state index contributed by atoms with van der Waals surface area (Å²) >= 11 is 0. The number of nitrogen functional groups attached to an aromatic ring is 1. The highest BCUT2D eigenvalue weighted by Crippen LogP contribution is 2.22. The molecule has 0 fully saturated rings. The van der Waals surface area contributed by atoms with Crippen LogP contribution in [0, 0.1) is 0 Å². The van der Waals surface area contributed by atoms with E-state index in [1.54, 1.807) is 12.4 Å². The van der Waals surface area contributed by atoms with Gasteiger partial charge >= 0.3 is 0 Å². The first-order valence-electron chi connectivity index (χ1n) is 6.95. The monoisotopic (exact) mass is 290 g/mol. The molecule has 0 saturated carbocycles. The van der Waals surface area contributed by atoms with Gasteiger partial charge < -0.3 is 5.73 Å². The fraction of sp³-hybridized carbons (Fsp3) is 0.0625. The molecule has 22 heavy (non-hydrogen) atoms. The van der Waals surface area contributed by atoms with E-state index in [0.717, 1.165) is 17.8 Å². The summed E-state index contributed by atoms with van der Waals surface area (Å²) in [6, 6.07) is 10.2. The Hall–Kier alpha value is -3.15. The Kier molecular flexibility index (Phi) is 2.86. The van der Waals surface area contributed by atoms with Crippen molar-refractivity contribution >= 4 is 11.5 Å². The lowest BCUT2D eigenvalue weighted by Gasteiger charge is -2.01. The van der Waals surface area contributed by atoms with Crippen molar-refractivity contribution in [3.63, 3.8) is 0 Å². The normalized spacial score (nSPS) is 11.1. The van der Waals surface area contributed by atoms with Crippen LogP contribution in [0.15, 0.2) is 61.3 Å². The highest BCUT2D eigenvalue weighted by Gasteiger charge is 2.10. The summed E-state index contributed by atoms with van der Waals surface area (Å²) in [5, 5.41) is 4.43. The number of nitrogens with zero attached hydrogens (tertiary/aromatic N) is 5. The van der Waals surface area contributed by atoms with Crippen LogP contribution in [0.5, 0.6) is 0 Å². The van der Waals surface area contributed by atoms with Crippen LogP contribution in [0.4, 0.5) is 5.82 Å². The number of hydrogen-bond acceptors (Lipinski definition) is 4. The van der Waals surface area contributed by atoms with Crippen molar-refractivity contribution in [3.8, 4) is 11.3 Å². The van der Waals surface area contributed by atoms with Gasteiger partial charge in [0.05, 0.1) is 24.6 Å². The lowest BCUT2D eigenvalue weighted by molar-refractivity contribution is 0.687. The second-order valence-electron chi connectivity index (χ2n) is 5.06. The Morgan fingerprint density at radius 2 is 1.91 bits per heavy atom. The smallest absolute Gasteiger partial charge is 0.180 e. The van der Waals surface area contributed by atoms with Gasteiger partial charge in [0, 0.05) is 24.2 Å². The zero-order valence-corrected chi connectivity index (χ0v) is 11.8. The lowest BCUT2D eigenvalue weighted by Crippen LogP contribution is -1.99. The molecule has 1 aromatic carbocycles. The van der Waals surface area contributed by atoms with E-state index in [0.29, 0.717) is 11.5 Å². The highest BCUT2D eigenvalue weighted by molar-refractivity contribution is 5.68. The van der Waals surface area contributed by atoms with E-state index in [9.17, 15) is 0 Å². The van der Waals surface area contributed by atoms with Crippen LogP contribution in [0.1, 0.15) is 5.56 Å². The number of anilines is 1. The van der Waals surface area contributed by atoms with E-state index in [1.165, 1.54) is 5.56 Å². The Balaban J connectivity index is 1.70. The molecule has 0 unspecified atom stereocenters. The van der Waals surface area contributed by atoms with E-state index in [2.05, 4.69) is 27.2 Å². The van der Waals surface area contributed by atoms with Gasteiger partial charge in [-0.2, -0.15) is 5.10 Å². The Bertz CT molecular complexity index is 922. The van der Waals surface area contributed by atoms with Gasteiger partial charge in [0.15, 0.2) is 11.5 Å². The SMILES string of the molecule is Nc1nccn2c(-c3cnn(Cc4ccccc4)c3)cnc12. The van der Waals surface area contributed by atoms with Gasteiger partial charge in [0.1, 0.15) is 0 Å². The molecule has 0 aliphatic heterocycles. The molecule has 0 saturated heterocycles. The van der Waals surface area contributed by atoms with E-state index in [4.69, 9.17) is 5.73 Å². The van der Waals surface area contributed by atoms with Crippen LogP contribution in [0.25, 0.3) is 16.9 Å². The maximum absolute atomic E-state index is 5.84. The van der Waals surface area contributed by atoms with Crippen molar-refractivity contribution in [1.29, 1.82) is 0 Å². The molecule has 4 aromatic rings. The summed E-state index contributed by atoms with van der Waals surface area (Å²) < 4.78 is 3.83. The zero-order chi connectivity index (χ0) is 14.9. The Morgan fingerprint density at radius 1 is 1.05 bits per heavy atom. The third kappa shape index (κ3) is 2.10. The van der Waals surface area contributed by atoms with Crippen molar-refractivity contribution in [1.82, 2.24) is 24.1 Å². The van der Waals surface area contributed by atoms with Crippen LogP contribution in [0.2, 0.25) is 0 Å². The van der Waals surface area contributed by atoms with E-state index in [1.807, 2.05) is 45.9 Å². The van der Waals surface area contributed by atoms with Crippen molar-refractivity contribution in [2.45, 2.75) is 6.54 Å². The van der Waals surface area contributed by atoms with Gasteiger partial charge in [0.25, 0.3) is 0 Å². The number of fused-ring (bicyclic) bond motifs is 1. The van der Waals surface area contributed by atoms with Crippen LogP contribution >= 0.6 is 0 Å². The van der Waals surface area contributed by atoms with Gasteiger partial charge in [-0.3, -0.25) is 9.08 Å². The number of benzene rings is 1. The first-order chi connectivity index (χ1) is 10.8. The van der Waals surface area contributed by atoms with Crippen molar-refractivity contribution in [2.75, 3.05) is 5.73 Å². The molecule has 6 nitrogen and oxygen atoms in total. The fourth-order valence-corrected chi connectivity index (χ4v) is 2.51. The number of nitrogens with two attached hydrogens (primary N) is 1. The highest BCUT2D eigenvalue weighted by atomic mass is 15.3. The molecule has 0 aliphatic carbocycles. The third-order valence-electron chi connectivity index (χ3n) is 3.57. The lowest BCUT2D eigenvalue weighted by atomic mass is 10.2. The molecule has 2 N–H and O–H groups in total. The predicted octanol–water partition coefficient (Wildman–Crippen LogP) is 2.22. The third-order valence-corrected chi connectivity index (χ3v) is 3.57. The van der Waals surface area contributed by atoms with E-state index >= 15 is 0 Å². The van der Waals surface area contributed by atoms with Crippen molar-refractivity contribution < 1.29 is 0 Å². The van der Waals surface area contributed by atoms with Gasteiger partial charge in [-0.15, -0.1) is 0 Å². The molecule has 3 heterocycles. The topological polar surface area (TPSA) is 74.0 Å². The summed E-state index contributed by atoms with van der Waals surface area (Å²) in [6.45, 7) is 0.737. The van der Waals surface area contributed by atoms with Crippen LogP contribution in [-0.2, 0) is 6.54 Å². The molecule has 0 bridgehead atoms. The van der Waals surface area contributed by atoms with E-state index in [-0.39, 0.29) is 0 Å². The maximum atomic E-state index is 5.84. The molecule has 6 heteroatoms. The molecule has 0 radical (unpaired) electrons. The molecule has 4 rings (SSSR count). The van der Waals surface area contributed by atoms with Crippen LogP contribution in [0.3, 0.4) is 0 Å². The van der Waals surface area contributed by atoms with E-state index < -0.39 is 0 Å². The average molecular weight is 290 g/mol. The van der Waals surface area contributed by atoms with Gasteiger partial charge in [-0.05, 0) is 5.56 Å². The second kappa shape index (κ2) is 5.00. The van der Waals surface area contributed by atoms with Gasteiger partial charge in [-0.1, -0.05) is 30.3 Å². The average Bonchev–Trinajstić information content (AvgIpc) is 3.15. The molecule has 108 valence electrons. The Labute approximate surface area is 126 Å². The van der Waals surface area contributed by atoms with Gasteiger partial charge in [0.2, 0.25) is 0 Å². The molecule has 0 spiro atoms. The molecule has 3 aromatic heterocycles. The summed E-state index contributed by atoms with van der Waals surface area (Å²) in [7, 11) is 0.